The van der Waals surface area contributed by atoms with Gasteiger partial charge in [-0.25, -0.2) is 28.8 Å². The third kappa shape index (κ3) is 15.9. The van der Waals surface area contributed by atoms with Crippen LogP contribution < -0.4 is 74.0 Å². The summed E-state index contributed by atoms with van der Waals surface area (Å²) in [5, 5.41) is 75.7. The molecule has 87 heavy (non-hydrogen) atoms. The van der Waals surface area contributed by atoms with E-state index >= 15 is 0 Å². The van der Waals surface area contributed by atoms with Crippen LogP contribution in [0.25, 0.3) is 33.3 Å². The number of benzene rings is 3. The number of carbonyl (C=O) groups is 8. The number of unbranched alkanes of at least 4 members (excludes halogenated alkanes) is 1. The Labute approximate surface area is 498 Å². The first-order valence-corrected chi connectivity index (χ1v) is 28.1. The van der Waals surface area contributed by atoms with Gasteiger partial charge in [0.25, 0.3) is 21.7 Å². The molecule has 6 amide bonds. The molecule has 14 N–H and O–H groups in total. The number of carboxylic acids is 4. The number of aromatic hydroxyl groups is 2. The normalized spacial score (nSPS) is 12.9. The summed E-state index contributed by atoms with van der Waals surface area (Å²) >= 11 is 2.09. The van der Waals surface area contributed by atoms with Crippen LogP contribution in [0.3, 0.4) is 0 Å². The van der Waals surface area contributed by atoms with Crippen molar-refractivity contribution >= 4 is 116 Å². The molecule has 4 atom stereocenters. The van der Waals surface area contributed by atoms with Gasteiger partial charge >= 0.3 is 35.9 Å². The predicted octanol–water partition coefficient (Wildman–Crippen LogP) is 0.826. The lowest BCUT2D eigenvalue weighted by Crippen LogP contribution is -2.53. The molecule has 6 aromatic rings. The van der Waals surface area contributed by atoms with E-state index < -0.39 is 118 Å². The fraction of sp³-hybridized carbons (Fsp3) is 0.358. The molecule has 2 heterocycles. The zero-order valence-electron chi connectivity index (χ0n) is 46.2. The first kappa shape index (κ1) is 64.2. The number of nitrogens with one attached hydrogen (secondary N) is 8. The first-order valence-electron chi connectivity index (χ1n) is 26.6. The van der Waals surface area contributed by atoms with E-state index in [0.717, 1.165) is 56.7 Å². The summed E-state index contributed by atoms with van der Waals surface area (Å²) in [6, 6.07) is 6.78. The van der Waals surface area contributed by atoms with E-state index in [1.54, 1.807) is 0 Å². The van der Waals surface area contributed by atoms with Crippen molar-refractivity contribution in [2.75, 3.05) is 73.8 Å². The third-order valence-corrected chi connectivity index (χ3v) is 14.9. The third-order valence-electron chi connectivity index (χ3n) is 13.8. The fourth-order valence-electron chi connectivity index (χ4n) is 8.91. The van der Waals surface area contributed by atoms with Gasteiger partial charge in [0, 0.05) is 88.7 Å². The topological polar surface area (TPSA) is 479 Å². The SMILES string of the molecule is CN(CCC(=O)NCCCC[C@H](NC(=O)N[C@@H](CNc1c(O)c(=O)c1=O)C(=O)O)C(=O)O)c1ccc(-c2c3c(c(-c4ccc(N(C)CCC(=O)NCCC[C@H](NC(=O)N[C@@H](CNc5c(O)c(=O)c5=O)C(=O)O)C(=O)O)cc4)c4nsnc24)N=S=N3)cc1. The second-order valence-electron chi connectivity index (χ2n) is 19.8. The van der Waals surface area contributed by atoms with Crippen molar-refractivity contribution in [2.45, 2.75) is 69.1 Å². The lowest BCUT2D eigenvalue weighted by atomic mass is 9.93. The quantitative estimate of drug-likeness (QED) is 0.0200. The van der Waals surface area contributed by atoms with Gasteiger partial charge in [-0.1, -0.05) is 24.3 Å². The van der Waals surface area contributed by atoms with Gasteiger partial charge in [-0.2, -0.15) is 17.5 Å². The van der Waals surface area contributed by atoms with Gasteiger partial charge in [-0.15, -0.1) is 0 Å². The molecule has 460 valence electrons. The van der Waals surface area contributed by atoms with E-state index in [4.69, 9.17) is 0 Å². The zero-order chi connectivity index (χ0) is 63.2. The van der Waals surface area contributed by atoms with E-state index in [1.165, 1.54) is 0 Å². The number of hydrogen-bond acceptors (Lipinski definition) is 23. The standard InChI is InChI=1S/C53H58N14O18S2/c1-66(20-16-32(68)54-18-4-3-6-28(48(76)77)58-52(84)60-30(50(80)81)22-56-40-42(70)46(74)43(40)71)26-12-8-24(9-13-26)34-36-38(64-86-62-36)35(39-37(34)63-87-65-39)25-10-14-27(15-11-25)67(2)21-17-33(69)55-19-5-7-29(49(78)79)59-53(85)61-31(51(82)83)23-57-41-44(72)47(75)45(41)73/h8-15,28-31,56-57,70,72H,3-7,16-23H2,1-2H3,(H,54,68)(H,55,69)(H,76,77)(H,78,79)(H,80,81)(H,82,83)(H2,58,60,84)(H2,59,61,85)/t28-,29-,30-,31-/m0/s1. The predicted molar refractivity (Wildman–Crippen MR) is 317 cm³/mol. The van der Waals surface area contributed by atoms with Crippen LogP contribution in [0.4, 0.5) is 43.7 Å². The number of rotatable bonds is 33. The van der Waals surface area contributed by atoms with Crippen molar-refractivity contribution in [1.82, 2.24) is 40.6 Å². The molecule has 0 saturated carbocycles. The van der Waals surface area contributed by atoms with Crippen LogP contribution in [0.2, 0.25) is 0 Å². The monoisotopic (exact) mass is 1240 g/mol. The van der Waals surface area contributed by atoms with Gasteiger partial charge in [0.2, 0.25) is 11.8 Å². The molecule has 1 aliphatic rings. The maximum atomic E-state index is 12.8. The molecule has 0 unspecified atom stereocenters. The molecule has 1 aromatic heterocycles. The number of fused-ring (bicyclic) bond motifs is 2. The fourth-order valence-corrected chi connectivity index (χ4v) is 10.0. The van der Waals surface area contributed by atoms with Crippen molar-refractivity contribution in [3.05, 3.63) is 89.4 Å². The summed E-state index contributed by atoms with van der Waals surface area (Å²) in [6.45, 7) is -0.248. The highest BCUT2D eigenvalue weighted by molar-refractivity contribution is 7.58. The number of nitrogens with zero attached hydrogens (tertiary/aromatic N) is 6. The Bertz CT molecular complexity index is 3840. The Kier molecular flexibility index (Phi) is 21.4. The molecule has 0 bridgehead atoms. The summed E-state index contributed by atoms with van der Waals surface area (Å²) in [7, 11) is 3.65. The molecule has 0 aliphatic carbocycles. The second-order valence-corrected chi connectivity index (χ2v) is 20.8. The largest absolute Gasteiger partial charge is 0.502 e. The highest BCUT2D eigenvalue weighted by atomic mass is 32.1. The number of aromatic nitrogens is 2. The second kappa shape index (κ2) is 28.9. The zero-order valence-corrected chi connectivity index (χ0v) is 47.8. The molecule has 0 fully saturated rings. The van der Waals surface area contributed by atoms with Gasteiger partial charge in [0.05, 0.1) is 23.1 Å². The molecule has 0 saturated heterocycles. The van der Waals surface area contributed by atoms with Crippen molar-refractivity contribution < 1.29 is 69.0 Å². The number of carboxylic acid groups (broad SMARTS) is 4. The summed E-state index contributed by atoms with van der Waals surface area (Å²) in [5.41, 5.74) is 1.80. The number of amides is 6. The van der Waals surface area contributed by atoms with Crippen LogP contribution in [-0.4, -0.2) is 165 Å². The molecule has 1 aliphatic heterocycles. The lowest BCUT2D eigenvalue weighted by Gasteiger charge is -2.20. The highest BCUT2D eigenvalue weighted by Gasteiger charge is 2.30. The van der Waals surface area contributed by atoms with Crippen molar-refractivity contribution in [3.8, 4) is 33.8 Å². The van der Waals surface area contributed by atoms with Gasteiger partial charge in [0.1, 0.15) is 58.0 Å². The molecular formula is C53H58N14O18S2. The maximum absolute atomic E-state index is 12.8. The van der Waals surface area contributed by atoms with Gasteiger partial charge in [-0.3, -0.25) is 28.8 Å². The van der Waals surface area contributed by atoms with Crippen LogP contribution in [0.5, 0.6) is 11.5 Å². The van der Waals surface area contributed by atoms with Gasteiger partial charge in [-0.05, 0) is 67.5 Å². The molecular weight excluding hydrogens is 1180 g/mol. The molecule has 7 rings (SSSR count). The smallest absolute Gasteiger partial charge is 0.328 e. The van der Waals surface area contributed by atoms with E-state index in [9.17, 15) is 88.2 Å². The Morgan fingerprint density at radius 3 is 1.25 bits per heavy atom. The molecule has 0 radical (unpaired) electrons. The number of aliphatic carboxylic acids is 4. The average molecular weight is 1240 g/mol. The van der Waals surface area contributed by atoms with Crippen molar-refractivity contribution in [1.29, 1.82) is 0 Å². The van der Waals surface area contributed by atoms with E-state index in [2.05, 4.69) is 60.0 Å². The summed E-state index contributed by atoms with van der Waals surface area (Å²) in [5.74, 6) is -8.19. The highest BCUT2D eigenvalue weighted by Crippen LogP contribution is 2.52. The summed E-state index contributed by atoms with van der Waals surface area (Å²) in [4.78, 5) is 147. The van der Waals surface area contributed by atoms with Crippen LogP contribution >= 0.6 is 11.7 Å². The van der Waals surface area contributed by atoms with Gasteiger partial charge in [0.15, 0.2) is 11.5 Å². The minimum Gasteiger partial charge on any atom is -0.502 e. The number of anilines is 4. The maximum Gasteiger partial charge on any atom is 0.328 e. The Hall–Kier alpha value is -10.4. The minimum atomic E-state index is -1.67. The number of carbonyl (C=O) groups excluding carboxylic acids is 4. The Morgan fingerprint density at radius 2 is 0.874 bits per heavy atom. The van der Waals surface area contributed by atoms with Crippen molar-refractivity contribution in [2.24, 2.45) is 8.73 Å². The summed E-state index contributed by atoms with van der Waals surface area (Å²) in [6.07, 6.45) is 0.802. The minimum absolute atomic E-state index is 0.0501. The Morgan fingerprint density at radius 1 is 0.506 bits per heavy atom. The molecule has 0 spiro atoms. The van der Waals surface area contributed by atoms with E-state index in [0.29, 0.717) is 41.9 Å². The number of urea groups is 2. The Balaban J connectivity index is 0.835. The van der Waals surface area contributed by atoms with E-state index in [-0.39, 0.29) is 63.4 Å². The van der Waals surface area contributed by atoms with Gasteiger partial charge < -0.3 is 83.0 Å². The molecule has 34 heteroatoms. The van der Waals surface area contributed by atoms with E-state index in [1.807, 2.05) is 72.4 Å². The lowest BCUT2D eigenvalue weighted by molar-refractivity contribution is -0.140. The summed E-state index contributed by atoms with van der Waals surface area (Å²) < 4.78 is 18.7. The van der Waals surface area contributed by atoms with Crippen LogP contribution in [0.1, 0.15) is 44.9 Å². The van der Waals surface area contributed by atoms with Crippen molar-refractivity contribution in [3.63, 3.8) is 0 Å². The van der Waals surface area contributed by atoms with Crippen LogP contribution in [0.15, 0.2) is 76.4 Å². The number of hydrogen-bond donors (Lipinski definition) is 14. The molecule has 5 aromatic carbocycles. The molecule has 32 nitrogen and oxygen atoms in total. The van der Waals surface area contributed by atoms with Crippen LogP contribution in [0, 0.1) is 0 Å². The van der Waals surface area contributed by atoms with Crippen LogP contribution in [-0.2, 0) is 40.1 Å². The first-order chi connectivity index (χ1) is 41.4. The average Bonchev–Trinajstić information content (AvgIpc) is 1.81.